The number of esters is 1. The molecule has 3 aliphatic heterocycles. The van der Waals surface area contributed by atoms with Crippen LogP contribution in [0.15, 0.2) is 35.7 Å². The van der Waals surface area contributed by atoms with E-state index < -0.39 is 28.6 Å². The molecule has 0 unspecified atom stereocenters. The van der Waals surface area contributed by atoms with Crippen LogP contribution in [0.3, 0.4) is 0 Å². The number of nitriles is 1. The first kappa shape index (κ1) is 17.5. The van der Waals surface area contributed by atoms with Crippen molar-refractivity contribution in [3.8, 4) is 6.07 Å². The molecule has 1 aromatic heterocycles. The van der Waals surface area contributed by atoms with Crippen molar-refractivity contribution in [2.75, 3.05) is 17.2 Å². The summed E-state index contributed by atoms with van der Waals surface area (Å²) in [6.45, 7) is 5.87. The fourth-order valence-electron chi connectivity index (χ4n) is 4.54. The Morgan fingerprint density at radius 2 is 2.03 bits per heavy atom. The van der Waals surface area contributed by atoms with Crippen LogP contribution in [-0.2, 0) is 25.3 Å². The van der Waals surface area contributed by atoms with Crippen molar-refractivity contribution in [3.63, 3.8) is 0 Å². The summed E-state index contributed by atoms with van der Waals surface area (Å²) in [6, 6.07) is 6.10. The Balaban J connectivity index is 1.97. The molecule has 0 radical (unpaired) electrons. The van der Waals surface area contributed by atoms with Crippen LogP contribution >= 0.6 is 0 Å². The highest BCUT2D eigenvalue weighted by molar-refractivity contribution is 6.19. The molecule has 2 N–H and O–H groups in total. The zero-order valence-electron chi connectivity index (χ0n) is 16.0. The van der Waals surface area contributed by atoms with E-state index in [1.807, 2.05) is 25.3 Å². The topological polar surface area (TPSA) is 96.2 Å². The van der Waals surface area contributed by atoms with Gasteiger partial charge < -0.3 is 19.9 Å². The number of carbonyl (C=O) groups excluding carboxylic acids is 2. The number of cyclic esters (lactones) is 1. The number of fused-ring (bicyclic) bond motifs is 5. The predicted octanol–water partition coefficient (Wildman–Crippen LogP) is 2.73. The van der Waals surface area contributed by atoms with Gasteiger partial charge in [0, 0.05) is 28.6 Å². The van der Waals surface area contributed by atoms with Crippen molar-refractivity contribution < 1.29 is 18.7 Å². The van der Waals surface area contributed by atoms with Crippen molar-refractivity contribution >= 4 is 23.4 Å². The molecule has 0 aliphatic carbocycles. The van der Waals surface area contributed by atoms with Crippen molar-refractivity contribution in [1.82, 2.24) is 4.57 Å². The number of hydrogen-bond acceptors (Lipinski definition) is 5. The van der Waals surface area contributed by atoms with E-state index in [1.54, 1.807) is 6.20 Å². The number of hydrogen-bond donors (Lipinski definition) is 2. The number of anilines is 2. The van der Waals surface area contributed by atoms with E-state index in [2.05, 4.69) is 16.7 Å². The monoisotopic (exact) mass is 392 g/mol. The Labute approximate surface area is 165 Å². The zero-order valence-corrected chi connectivity index (χ0v) is 16.0. The van der Waals surface area contributed by atoms with E-state index in [0.29, 0.717) is 28.3 Å². The van der Waals surface area contributed by atoms with Gasteiger partial charge in [0.25, 0.3) is 0 Å². The minimum atomic E-state index is -1.65. The van der Waals surface area contributed by atoms with Gasteiger partial charge in [-0.1, -0.05) is 0 Å². The van der Waals surface area contributed by atoms with Crippen LogP contribution in [0.1, 0.15) is 37.5 Å². The molecule has 4 heterocycles. The van der Waals surface area contributed by atoms with Gasteiger partial charge in [-0.05, 0) is 39.0 Å². The Morgan fingerprint density at radius 3 is 2.72 bits per heavy atom. The summed E-state index contributed by atoms with van der Waals surface area (Å²) in [4.78, 5) is 26.2. The summed E-state index contributed by atoms with van der Waals surface area (Å²) in [5.74, 6) is -1.17. The fraction of sp³-hybridized carbons (Fsp3) is 0.286. The summed E-state index contributed by atoms with van der Waals surface area (Å²) in [6.07, 6.45) is 1.66. The Morgan fingerprint density at radius 1 is 1.28 bits per heavy atom. The quantitative estimate of drug-likeness (QED) is 0.672. The average molecular weight is 392 g/mol. The number of halogens is 1. The molecule has 7 nitrogen and oxygen atoms in total. The molecule has 1 amide bonds. The molecule has 0 fully saturated rings. The molecular weight excluding hydrogens is 375 g/mol. The van der Waals surface area contributed by atoms with Gasteiger partial charge in [-0.15, -0.1) is 0 Å². The summed E-state index contributed by atoms with van der Waals surface area (Å²) >= 11 is 0. The molecule has 146 valence electrons. The lowest BCUT2D eigenvalue weighted by atomic mass is 9.67. The van der Waals surface area contributed by atoms with E-state index in [-0.39, 0.29) is 17.7 Å². The lowest BCUT2D eigenvalue weighted by Gasteiger charge is -2.35. The minimum absolute atomic E-state index is 0.0233. The SMILES string of the molecule is CC(C)(C)n1cc(C#N)c2c1NC1=C(C(=O)OC1)[C@]21C(=O)Nc2ccc(F)cc21. The predicted molar refractivity (Wildman–Crippen MR) is 102 cm³/mol. The second-order valence-electron chi connectivity index (χ2n) is 8.37. The molecule has 29 heavy (non-hydrogen) atoms. The Kier molecular flexibility index (Phi) is 3.17. The average Bonchev–Trinajstić information content (AvgIpc) is 3.29. The van der Waals surface area contributed by atoms with Crippen LogP contribution in [0.25, 0.3) is 0 Å². The van der Waals surface area contributed by atoms with Gasteiger partial charge in [0.2, 0.25) is 5.91 Å². The third kappa shape index (κ3) is 1.99. The third-order valence-electron chi connectivity index (χ3n) is 5.70. The summed E-state index contributed by atoms with van der Waals surface area (Å²) in [7, 11) is 0. The number of aromatic nitrogens is 1. The van der Waals surface area contributed by atoms with E-state index >= 15 is 0 Å². The normalized spacial score (nSPS) is 21.9. The van der Waals surface area contributed by atoms with Crippen LogP contribution in [0.4, 0.5) is 15.9 Å². The van der Waals surface area contributed by atoms with Crippen molar-refractivity contribution in [3.05, 3.63) is 58.2 Å². The van der Waals surface area contributed by atoms with Crippen molar-refractivity contribution in [2.45, 2.75) is 31.7 Å². The zero-order chi connectivity index (χ0) is 20.7. The number of benzene rings is 1. The smallest absolute Gasteiger partial charge is 0.338 e. The number of nitrogens with zero attached hydrogens (tertiary/aromatic N) is 2. The molecular formula is C21H17FN4O3. The van der Waals surface area contributed by atoms with E-state index in [4.69, 9.17) is 4.74 Å². The van der Waals surface area contributed by atoms with Gasteiger partial charge in [0.1, 0.15) is 29.7 Å². The van der Waals surface area contributed by atoms with Crippen LogP contribution in [0.5, 0.6) is 0 Å². The third-order valence-corrected chi connectivity index (χ3v) is 5.70. The first-order valence-corrected chi connectivity index (χ1v) is 9.15. The summed E-state index contributed by atoms with van der Waals surface area (Å²) in [5.41, 5.74) is -0.229. The fourth-order valence-corrected chi connectivity index (χ4v) is 4.54. The standard InChI is InChI=1S/C21H17FN4O3/c1-20(2,3)26-8-10(7-23)15-17(26)24-14-9-29-18(27)16(14)21(15)12-6-11(22)4-5-13(12)25-19(21)28/h4-6,8,24H,9H2,1-3H3,(H,25,28)/t21-/m1/s1. The molecule has 2 aromatic rings. The van der Waals surface area contributed by atoms with Crippen molar-refractivity contribution in [2.24, 2.45) is 0 Å². The van der Waals surface area contributed by atoms with Crippen LogP contribution in [0, 0.1) is 17.1 Å². The van der Waals surface area contributed by atoms with Gasteiger partial charge in [-0.25, -0.2) is 9.18 Å². The molecule has 0 saturated carbocycles. The summed E-state index contributed by atoms with van der Waals surface area (Å²) in [5, 5.41) is 15.9. The molecule has 1 spiro atoms. The Hall–Kier alpha value is -3.60. The molecule has 0 bridgehead atoms. The van der Waals surface area contributed by atoms with Gasteiger partial charge in [-0.3, -0.25) is 4.79 Å². The number of nitrogens with one attached hydrogen (secondary N) is 2. The van der Waals surface area contributed by atoms with Gasteiger partial charge >= 0.3 is 5.97 Å². The van der Waals surface area contributed by atoms with E-state index in [9.17, 15) is 19.2 Å². The molecule has 3 aliphatic rings. The highest BCUT2D eigenvalue weighted by atomic mass is 19.1. The van der Waals surface area contributed by atoms with E-state index in [1.165, 1.54) is 18.2 Å². The maximum atomic E-state index is 14.3. The Bertz CT molecular complexity index is 1210. The van der Waals surface area contributed by atoms with Crippen LogP contribution in [-0.4, -0.2) is 23.1 Å². The van der Waals surface area contributed by atoms with Gasteiger partial charge in [-0.2, -0.15) is 5.26 Å². The first-order chi connectivity index (χ1) is 13.7. The highest BCUT2D eigenvalue weighted by Crippen LogP contribution is 2.56. The van der Waals surface area contributed by atoms with Gasteiger partial charge in [0.15, 0.2) is 0 Å². The molecule has 1 atom stereocenters. The molecule has 5 rings (SSSR count). The van der Waals surface area contributed by atoms with Gasteiger partial charge in [0.05, 0.1) is 16.8 Å². The minimum Gasteiger partial charge on any atom is -0.456 e. The first-order valence-electron chi connectivity index (χ1n) is 9.15. The molecule has 8 heteroatoms. The summed E-state index contributed by atoms with van der Waals surface area (Å²) < 4.78 is 21.4. The lowest BCUT2D eigenvalue weighted by molar-refractivity contribution is -0.137. The number of amides is 1. The molecule has 0 saturated heterocycles. The second kappa shape index (κ2) is 5.26. The van der Waals surface area contributed by atoms with Crippen LogP contribution < -0.4 is 10.6 Å². The maximum Gasteiger partial charge on any atom is 0.338 e. The highest BCUT2D eigenvalue weighted by Gasteiger charge is 2.61. The largest absolute Gasteiger partial charge is 0.456 e. The van der Waals surface area contributed by atoms with Crippen molar-refractivity contribution in [1.29, 1.82) is 5.26 Å². The number of carbonyl (C=O) groups is 2. The number of rotatable bonds is 0. The second-order valence-corrected chi connectivity index (χ2v) is 8.37. The number of ether oxygens (including phenoxy) is 1. The maximum absolute atomic E-state index is 14.3. The lowest BCUT2D eigenvalue weighted by Crippen LogP contribution is -2.44. The van der Waals surface area contributed by atoms with Crippen LogP contribution in [0.2, 0.25) is 0 Å². The molecule has 1 aromatic carbocycles. The van der Waals surface area contributed by atoms with E-state index in [0.717, 1.165) is 0 Å².